The number of esters is 1. The molecule has 0 heterocycles. The van der Waals surface area contributed by atoms with Crippen LogP contribution in [0, 0.1) is 20.2 Å². The third kappa shape index (κ3) is 3.98. The van der Waals surface area contributed by atoms with E-state index in [0.29, 0.717) is 0 Å². The van der Waals surface area contributed by atoms with Gasteiger partial charge in [0.1, 0.15) is 6.04 Å². The molecule has 118 valence electrons. The Morgan fingerprint density at radius 3 is 2.05 bits per heavy atom. The van der Waals surface area contributed by atoms with Crippen molar-refractivity contribution in [2.45, 2.75) is 19.4 Å². The van der Waals surface area contributed by atoms with Gasteiger partial charge in [-0.25, -0.2) is 4.79 Å². The highest BCUT2D eigenvalue weighted by atomic mass is 16.6. The van der Waals surface area contributed by atoms with E-state index in [2.05, 4.69) is 10.1 Å². The number of hydrogen-bond acceptors (Lipinski definition) is 7. The van der Waals surface area contributed by atoms with Gasteiger partial charge in [0.05, 0.1) is 28.6 Å². The molecule has 0 aromatic heterocycles. The van der Waals surface area contributed by atoms with Crippen LogP contribution in [0.3, 0.4) is 0 Å². The van der Waals surface area contributed by atoms with E-state index in [1.165, 1.54) is 0 Å². The summed E-state index contributed by atoms with van der Waals surface area (Å²) in [5.74, 6) is -1.53. The Morgan fingerprint density at radius 1 is 1.18 bits per heavy atom. The summed E-state index contributed by atoms with van der Waals surface area (Å²) in [6, 6.07) is 1.59. The van der Waals surface area contributed by atoms with E-state index in [4.69, 9.17) is 0 Å². The Bertz CT molecular complexity index is 597. The van der Waals surface area contributed by atoms with E-state index in [9.17, 15) is 29.8 Å². The van der Waals surface area contributed by atoms with Crippen molar-refractivity contribution < 1.29 is 24.2 Å². The number of carbonyl (C=O) groups excluding carboxylic acids is 2. The van der Waals surface area contributed by atoms with E-state index in [0.717, 1.165) is 25.3 Å². The third-order valence-corrected chi connectivity index (χ3v) is 2.79. The molecule has 0 aliphatic rings. The van der Waals surface area contributed by atoms with E-state index in [-0.39, 0.29) is 12.0 Å². The highest BCUT2D eigenvalue weighted by Gasteiger charge is 2.24. The van der Waals surface area contributed by atoms with Crippen LogP contribution in [0.4, 0.5) is 11.4 Å². The molecule has 22 heavy (non-hydrogen) atoms. The van der Waals surface area contributed by atoms with Crippen LogP contribution in [0.5, 0.6) is 0 Å². The number of nitrogens with zero attached hydrogens (tertiary/aromatic N) is 2. The van der Waals surface area contributed by atoms with Gasteiger partial charge in [-0.3, -0.25) is 25.0 Å². The molecule has 1 atom stereocenters. The minimum absolute atomic E-state index is 0.232. The number of nitro benzene ring substituents is 2. The van der Waals surface area contributed by atoms with Crippen molar-refractivity contribution in [3.05, 3.63) is 44.0 Å². The topological polar surface area (TPSA) is 142 Å². The molecule has 0 saturated carbocycles. The maximum atomic E-state index is 12.0. The Morgan fingerprint density at radius 2 is 1.68 bits per heavy atom. The van der Waals surface area contributed by atoms with Crippen molar-refractivity contribution >= 4 is 23.3 Å². The van der Waals surface area contributed by atoms with E-state index < -0.39 is 39.1 Å². The quantitative estimate of drug-likeness (QED) is 0.472. The molecule has 1 N–H and O–H groups in total. The smallest absolute Gasteiger partial charge is 0.328 e. The fourth-order valence-electron chi connectivity index (χ4n) is 1.65. The second kappa shape index (κ2) is 7.11. The van der Waals surface area contributed by atoms with Gasteiger partial charge in [0.25, 0.3) is 17.3 Å². The molecule has 1 aromatic carbocycles. The van der Waals surface area contributed by atoms with Crippen molar-refractivity contribution in [1.82, 2.24) is 5.32 Å². The van der Waals surface area contributed by atoms with E-state index in [1.807, 2.05) is 0 Å². The predicted octanol–water partition coefficient (Wildman–Crippen LogP) is 1.18. The van der Waals surface area contributed by atoms with Gasteiger partial charge in [0, 0.05) is 12.1 Å². The number of methoxy groups -OCH3 is 1. The number of nitrogens with one attached hydrogen (secondary N) is 1. The van der Waals surface area contributed by atoms with Crippen LogP contribution in [0.2, 0.25) is 0 Å². The molecule has 1 amide bonds. The SMILES string of the molecule is CC[C@H](NC(=O)c1cc([N+](=O)[O-])cc([N+](=O)[O-])c1)C(=O)OC. The lowest BCUT2D eigenvalue weighted by atomic mass is 10.1. The number of rotatable bonds is 6. The lowest BCUT2D eigenvalue weighted by molar-refractivity contribution is -0.394. The average molecular weight is 311 g/mol. The first-order chi connectivity index (χ1) is 10.3. The maximum absolute atomic E-state index is 12.0. The molecule has 0 unspecified atom stereocenters. The van der Waals surface area contributed by atoms with E-state index in [1.54, 1.807) is 6.92 Å². The van der Waals surface area contributed by atoms with Crippen LogP contribution in [0.25, 0.3) is 0 Å². The van der Waals surface area contributed by atoms with Crippen molar-refractivity contribution in [1.29, 1.82) is 0 Å². The number of nitro groups is 2. The van der Waals surface area contributed by atoms with Crippen LogP contribution in [0.1, 0.15) is 23.7 Å². The fraction of sp³-hybridized carbons (Fsp3) is 0.333. The lowest BCUT2D eigenvalue weighted by Crippen LogP contribution is -2.41. The number of hydrogen-bond donors (Lipinski definition) is 1. The number of amides is 1. The average Bonchev–Trinajstić information content (AvgIpc) is 2.50. The van der Waals surface area contributed by atoms with Crippen LogP contribution in [-0.2, 0) is 9.53 Å². The summed E-state index contributed by atoms with van der Waals surface area (Å²) >= 11 is 0. The standard InChI is InChI=1S/C12H13N3O7/c1-3-10(12(17)22-2)13-11(16)7-4-8(14(18)19)6-9(5-7)15(20)21/h4-6,10H,3H2,1-2H3,(H,13,16)/t10-/m0/s1. The molecule has 0 aliphatic carbocycles. The summed E-state index contributed by atoms with van der Waals surface area (Å²) in [7, 11) is 1.15. The zero-order valence-corrected chi connectivity index (χ0v) is 11.8. The minimum Gasteiger partial charge on any atom is -0.467 e. The summed E-state index contributed by atoms with van der Waals surface area (Å²) in [6.07, 6.45) is 0.232. The number of non-ortho nitro benzene ring substituents is 2. The molecule has 0 bridgehead atoms. The monoisotopic (exact) mass is 311 g/mol. The molecular formula is C12H13N3O7. The minimum atomic E-state index is -0.948. The van der Waals surface area contributed by atoms with Gasteiger partial charge in [0.2, 0.25) is 0 Å². The Balaban J connectivity index is 3.14. The number of ether oxygens (including phenoxy) is 1. The molecule has 1 aromatic rings. The van der Waals surface area contributed by atoms with Gasteiger partial charge >= 0.3 is 5.97 Å². The Hall–Kier alpha value is -3.04. The van der Waals surface area contributed by atoms with Gasteiger partial charge in [-0.1, -0.05) is 6.92 Å². The molecule has 10 nitrogen and oxygen atoms in total. The molecule has 0 spiro atoms. The molecular weight excluding hydrogens is 298 g/mol. The van der Waals surface area contributed by atoms with Gasteiger partial charge in [-0.05, 0) is 6.42 Å². The highest BCUT2D eigenvalue weighted by molar-refractivity contribution is 5.97. The maximum Gasteiger partial charge on any atom is 0.328 e. The van der Waals surface area contributed by atoms with E-state index >= 15 is 0 Å². The van der Waals surface area contributed by atoms with Gasteiger partial charge in [-0.2, -0.15) is 0 Å². The molecule has 1 rings (SSSR count). The molecule has 0 aliphatic heterocycles. The molecule has 0 fully saturated rings. The molecule has 0 radical (unpaired) electrons. The fourth-order valence-corrected chi connectivity index (χ4v) is 1.65. The van der Waals surface area contributed by atoms with Gasteiger partial charge in [-0.15, -0.1) is 0 Å². The zero-order valence-electron chi connectivity index (χ0n) is 11.8. The zero-order chi connectivity index (χ0) is 16.9. The van der Waals surface area contributed by atoms with Crippen molar-refractivity contribution in [2.75, 3.05) is 7.11 Å². The van der Waals surface area contributed by atoms with Crippen molar-refractivity contribution in [2.24, 2.45) is 0 Å². The second-order valence-corrected chi connectivity index (χ2v) is 4.21. The first-order valence-corrected chi connectivity index (χ1v) is 6.12. The van der Waals surface area contributed by atoms with Gasteiger partial charge in [0.15, 0.2) is 0 Å². The van der Waals surface area contributed by atoms with Crippen molar-refractivity contribution in [3.63, 3.8) is 0 Å². The summed E-state index contributed by atoms with van der Waals surface area (Å²) in [4.78, 5) is 43.3. The first kappa shape index (κ1) is 17.0. The largest absolute Gasteiger partial charge is 0.467 e. The Labute approximate surface area is 124 Å². The molecule has 0 saturated heterocycles. The predicted molar refractivity (Wildman–Crippen MR) is 73.3 cm³/mol. The number of carbonyl (C=O) groups is 2. The Kier molecular flexibility index (Phi) is 5.50. The summed E-state index contributed by atoms with van der Waals surface area (Å²) in [5, 5.41) is 23.8. The first-order valence-electron chi connectivity index (χ1n) is 6.12. The molecule has 10 heteroatoms. The summed E-state index contributed by atoms with van der Waals surface area (Å²) < 4.78 is 4.49. The van der Waals surface area contributed by atoms with Crippen LogP contribution < -0.4 is 5.32 Å². The van der Waals surface area contributed by atoms with Crippen LogP contribution >= 0.6 is 0 Å². The normalized spacial score (nSPS) is 11.4. The second-order valence-electron chi connectivity index (χ2n) is 4.21. The van der Waals surface area contributed by atoms with Gasteiger partial charge < -0.3 is 10.1 Å². The third-order valence-electron chi connectivity index (χ3n) is 2.79. The highest BCUT2D eigenvalue weighted by Crippen LogP contribution is 2.22. The van der Waals surface area contributed by atoms with Crippen molar-refractivity contribution in [3.8, 4) is 0 Å². The summed E-state index contributed by atoms with van der Waals surface area (Å²) in [5.41, 5.74) is -1.47. The van der Waals surface area contributed by atoms with Crippen LogP contribution in [0.15, 0.2) is 18.2 Å². The lowest BCUT2D eigenvalue weighted by Gasteiger charge is -2.14. The van der Waals surface area contributed by atoms with Crippen LogP contribution in [-0.4, -0.2) is 34.9 Å². The summed E-state index contributed by atoms with van der Waals surface area (Å²) in [6.45, 7) is 1.62. The number of benzene rings is 1.